The minimum atomic E-state index is -1.39. The first-order chi connectivity index (χ1) is 23.6. The second-order valence-electron chi connectivity index (χ2n) is 17.2. The van der Waals surface area contributed by atoms with Gasteiger partial charge in [-0.25, -0.2) is 0 Å². The molecular weight excluding hydrogens is 632 g/mol. The highest BCUT2D eigenvalue weighted by Gasteiger charge is 2.65. The average Bonchev–Trinajstić information content (AvgIpc) is 3.41. The lowest BCUT2D eigenvalue weighted by Gasteiger charge is -2.51. The van der Waals surface area contributed by atoms with Crippen LogP contribution in [0.25, 0.3) is 0 Å². The van der Waals surface area contributed by atoms with Crippen LogP contribution in [0, 0.1) is 23.7 Å². The van der Waals surface area contributed by atoms with Crippen LogP contribution in [-0.4, -0.2) is 58.1 Å². The van der Waals surface area contributed by atoms with Crippen molar-refractivity contribution in [2.24, 2.45) is 23.7 Å². The Labute approximate surface area is 304 Å². The van der Waals surface area contributed by atoms with Crippen LogP contribution in [0.5, 0.6) is 0 Å². The Bertz CT molecular complexity index is 1060. The van der Waals surface area contributed by atoms with Gasteiger partial charge in [0.15, 0.2) is 0 Å². The third-order valence-corrected chi connectivity index (χ3v) is 12.3. The van der Waals surface area contributed by atoms with E-state index in [4.69, 9.17) is 18.9 Å². The van der Waals surface area contributed by atoms with Gasteiger partial charge in [-0.3, -0.25) is 14.4 Å². The summed E-state index contributed by atoms with van der Waals surface area (Å²) in [6.45, 7) is 15.2. The van der Waals surface area contributed by atoms with Crippen LogP contribution in [0.4, 0.5) is 0 Å². The highest BCUT2D eigenvalue weighted by Crippen LogP contribution is 2.58. The number of ether oxygens (including phenoxy) is 4. The van der Waals surface area contributed by atoms with E-state index in [1.807, 2.05) is 13.8 Å². The van der Waals surface area contributed by atoms with E-state index in [2.05, 4.69) is 20.8 Å². The summed E-state index contributed by atoms with van der Waals surface area (Å²) in [4.78, 5) is 38.1. The second kappa shape index (κ2) is 20.0. The van der Waals surface area contributed by atoms with Crippen molar-refractivity contribution in [2.45, 2.75) is 225 Å². The highest BCUT2D eigenvalue weighted by molar-refractivity contribution is 5.69. The summed E-state index contributed by atoms with van der Waals surface area (Å²) in [6, 6.07) is 0. The zero-order chi connectivity index (χ0) is 37.0. The number of aliphatic hydroxyl groups is 1. The number of fused-ring (bicyclic) bond motifs is 5. The summed E-state index contributed by atoms with van der Waals surface area (Å²) in [5.41, 5.74) is -3.20. The SMILES string of the molecule is CCCCCCCCCCCCCCCCCC(=O)O[C@@H]1CC[C@](C)(OC(C)=O)[C@H]2O[C@@H](C[C@@]1(C)O)[C@H]1[C@@H]2[C@H](C(C)C)CC[C@]1(C)OC(C)=O. The van der Waals surface area contributed by atoms with Gasteiger partial charge in [0.25, 0.3) is 0 Å². The summed E-state index contributed by atoms with van der Waals surface area (Å²) >= 11 is 0. The van der Waals surface area contributed by atoms with Gasteiger partial charge in [0.1, 0.15) is 29.0 Å². The van der Waals surface area contributed by atoms with Crippen molar-refractivity contribution in [1.82, 2.24) is 0 Å². The topological polar surface area (TPSA) is 108 Å². The van der Waals surface area contributed by atoms with E-state index in [-0.39, 0.29) is 36.1 Å². The van der Waals surface area contributed by atoms with Crippen molar-refractivity contribution in [2.75, 3.05) is 0 Å². The number of hydrogen-bond donors (Lipinski definition) is 1. The van der Waals surface area contributed by atoms with E-state index in [0.717, 1.165) is 25.7 Å². The Morgan fingerprint density at radius 3 is 1.72 bits per heavy atom. The first kappa shape index (κ1) is 42.7. The van der Waals surface area contributed by atoms with Gasteiger partial charge < -0.3 is 24.1 Å². The van der Waals surface area contributed by atoms with Crippen molar-refractivity contribution in [1.29, 1.82) is 0 Å². The van der Waals surface area contributed by atoms with Gasteiger partial charge >= 0.3 is 17.9 Å². The van der Waals surface area contributed by atoms with Crippen molar-refractivity contribution in [3.05, 3.63) is 0 Å². The van der Waals surface area contributed by atoms with Crippen LogP contribution in [0.15, 0.2) is 0 Å². The number of esters is 3. The van der Waals surface area contributed by atoms with Crippen LogP contribution in [0.1, 0.15) is 190 Å². The van der Waals surface area contributed by atoms with E-state index in [1.165, 1.54) is 90.9 Å². The maximum absolute atomic E-state index is 13.2. The van der Waals surface area contributed by atoms with Gasteiger partial charge in [-0.1, -0.05) is 111 Å². The molecule has 1 aliphatic carbocycles. The molecule has 8 nitrogen and oxygen atoms in total. The molecule has 8 heteroatoms. The molecule has 0 unspecified atom stereocenters. The van der Waals surface area contributed by atoms with Gasteiger partial charge in [0.2, 0.25) is 0 Å². The lowest BCUT2D eigenvalue weighted by molar-refractivity contribution is -0.185. The molecule has 0 aromatic rings. The molecule has 0 spiro atoms. The molecule has 0 radical (unpaired) electrons. The molecule has 2 saturated heterocycles. The molecule has 2 aliphatic heterocycles. The lowest BCUT2D eigenvalue weighted by Crippen LogP contribution is -2.58. The second-order valence-corrected chi connectivity index (χ2v) is 17.2. The normalized spacial score (nSPS) is 34.0. The summed E-state index contributed by atoms with van der Waals surface area (Å²) in [5.74, 6) is -0.693. The molecule has 3 aliphatic rings. The highest BCUT2D eigenvalue weighted by atomic mass is 16.6. The molecule has 290 valence electrons. The van der Waals surface area contributed by atoms with E-state index < -0.39 is 41.1 Å². The fourth-order valence-corrected chi connectivity index (χ4v) is 9.75. The fourth-order valence-electron chi connectivity index (χ4n) is 9.75. The van der Waals surface area contributed by atoms with Crippen LogP contribution < -0.4 is 0 Å². The van der Waals surface area contributed by atoms with Crippen molar-refractivity contribution in [3.8, 4) is 0 Å². The first-order valence-corrected chi connectivity index (χ1v) is 20.6. The monoisotopic (exact) mass is 707 g/mol. The summed E-state index contributed by atoms with van der Waals surface area (Å²) in [6.07, 6.45) is 20.0. The molecule has 0 amide bonds. The largest absolute Gasteiger partial charge is 0.459 e. The molecule has 3 fully saturated rings. The predicted octanol–water partition coefficient (Wildman–Crippen LogP) is 9.80. The van der Waals surface area contributed by atoms with Gasteiger partial charge in [-0.15, -0.1) is 0 Å². The van der Waals surface area contributed by atoms with Gasteiger partial charge in [-0.05, 0) is 64.7 Å². The molecule has 0 aromatic carbocycles. The molecule has 0 aromatic heterocycles. The molecule has 1 N–H and O–H groups in total. The molecule has 50 heavy (non-hydrogen) atoms. The smallest absolute Gasteiger partial charge is 0.306 e. The van der Waals surface area contributed by atoms with E-state index >= 15 is 0 Å². The van der Waals surface area contributed by atoms with Crippen molar-refractivity contribution < 1.29 is 38.4 Å². The molecule has 2 bridgehead atoms. The van der Waals surface area contributed by atoms with E-state index in [0.29, 0.717) is 31.6 Å². The number of unbranched alkanes of at least 4 members (excludes halogenated alkanes) is 14. The number of rotatable bonds is 20. The van der Waals surface area contributed by atoms with Gasteiger partial charge in [0.05, 0.1) is 6.10 Å². The molecular formula is C42H74O8. The van der Waals surface area contributed by atoms with Crippen LogP contribution in [0.2, 0.25) is 0 Å². The number of carbonyl (C=O) groups excluding carboxylic acids is 3. The molecule has 3 rings (SSSR count). The van der Waals surface area contributed by atoms with Crippen LogP contribution in [0.3, 0.4) is 0 Å². The Kier molecular flexibility index (Phi) is 17.1. The molecule has 9 atom stereocenters. The molecule has 2 heterocycles. The maximum Gasteiger partial charge on any atom is 0.306 e. The maximum atomic E-state index is 13.2. The fraction of sp³-hybridized carbons (Fsp3) is 0.929. The first-order valence-electron chi connectivity index (χ1n) is 20.6. The van der Waals surface area contributed by atoms with Crippen LogP contribution >= 0.6 is 0 Å². The Morgan fingerprint density at radius 2 is 1.22 bits per heavy atom. The standard InChI is InChI=1S/C42H74O8/c1-9-10-11-12-13-14-15-16-17-18-19-20-21-22-23-24-36(45)48-35-26-28-42(8,50-32(5)44)39-37-33(30(2)3)25-27-41(7,49-31(4)43)38(37)34(47-39)29-40(35,6)46/h30,33-35,37-39,46H,9-29H2,1-8H3/t33-,34-,35+,37-,38-,39-,40+,41-,42-/m0/s1. The molecule has 1 saturated carbocycles. The van der Waals surface area contributed by atoms with E-state index in [9.17, 15) is 19.5 Å². The quantitative estimate of drug-likeness (QED) is 0.0757. The van der Waals surface area contributed by atoms with Crippen LogP contribution in [-0.2, 0) is 33.3 Å². The minimum absolute atomic E-state index is 0.0394. The van der Waals surface area contributed by atoms with Crippen molar-refractivity contribution >= 4 is 17.9 Å². The zero-order valence-electron chi connectivity index (χ0n) is 33.2. The predicted molar refractivity (Wildman–Crippen MR) is 197 cm³/mol. The average molecular weight is 707 g/mol. The van der Waals surface area contributed by atoms with E-state index in [1.54, 1.807) is 6.92 Å². The third-order valence-electron chi connectivity index (χ3n) is 12.3. The van der Waals surface area contributed by atoms with Crippen molar-refractivity contribution in [3.63, 3.8) is 0 Å². The number of hydrogen-bond acceptors (Lipinski definition) is 8. The summed E-state index contributed by atoms with van der Waals surface area (Å²) in [5, 5.41) is 12.0. The number of carbonyl (C=O) groups is 3. The van der Waals surface area contributed by atoms with Gasteiger partial charge in [0, 0.05) is 38.5 Å². The Balaban J connectivity index is 1.57. The zero-order valence-corrected chi connectivity index (χ0v) is 33.2. The van der Waals surface area contributed by atoms with Gasteiger partial charge in [-0.2, -0.15) is 0 Å². The summed E-state index contributed by atoms with van der Waals surface area (Å²) in [7, 11) is 0. The summed E-state index contributed by atoms with van der Waals surface area (Å²) < 4.78 is 25.1. The third kappa shape index (κ3) is 12.2. The Hall–Kier alpha value is -1.67. The lowest BCUT2D eigenvalue weighted by atomic mass is 9.57. The Morgan fingerprint density at radius 1 is 0.740 bits per heavy atom. The minimum Gasteiger partial charge on any atom is -0.459 e.